The molecule has 2 amide bonds. The quantitative estimate of drug-likeness (QED) is 0.734. The molecule has 0 radical (unpaired) electrons. The summed E-state index contributed by atoms with van der Waals surface area (Å²) >= 11 is 0. The average Bonchev–Trinajstić information content (AvgIpc) is 2.27. The zero-order valence-electron chi connectivity index (χ0n) is 11.6. The van der Waals surface area contributed by atoms with E-state index < -0.39 is 5.91 Å². The van der Waals surface area contributed by atoms with Crippen LogP contribution in [0.4, 0.5) is 0 Å². The lowest BCUT2D eigenvalue weighted by molar-refractivity contribution is -0.121. The van der Waals surface area contributed by atoms with Gasteiger partial charge in [-0.15, -0.1) is 0 Å². The number of nitrogens with two attached hydrogens (primary N) is 1. The van der Waals surface area contributed by atoms with Gasteiger partial charge >= 0.3 is 0 Å². The van der Waals surface area contributed by atoms with E-state index in [4.69, 9.17) is 5.73 Å². The largest absolute Gasteiger partial charge is 0.366 e. The van der Waals surface area contributed by atoms with Crippen LogP contribution in [0.3, 0.4) is 0 Å². The maximum atomic E-state index is 11.6. The van der Waals surface area contributed by atoms with Gasteiger partial charge in [-0.2, -0.15) is 0 Å². The molecule has 0 aromatic heterocycles. The molecule has 0 saturated heterocycles. The topological polar surface area (TPSA) is 84.2 Å². The van der Waals surface area contributed by atoms with Crippen LogP contribution >= 0.6 is 0 Å². The van der Waals surface area contributed by atoms with Crippen LogP contribution in [0.2, 0.25) is 0 Å². The summed E-state index contributed by atoms with van der Waals surface area (Å²) in [5, 5.41) is 5.91. The van der Waals surface area contributed by atoms with E-state index in [1.165, 1.54) is 0 Å². The summed E-state index contributed by atoms with van der Waals surface area (Å²) in [6, 6.07) is 6.98. The van der Waals surface area contributed by atoms with Gasteiger partial charge in [0.25, 0.3) is 0 Å². The second-order valence-corrected chi connectivity index (χ2v) is 5.46. The van der Waals surface area contributed by atoms with E-state index in [9.17, 15) is 9.59 Å². The molecule has 0 aliphatic heterocycles. The van der Waals surface area contributed by atoms with Crippen molar-refractivity contribution in [3.05, 3.63) is 35.4 Å². The van der Waals surface area contributed by atoms with Crippen LogP contribution in [-0.2, 0) is 11.3 Å². The van der Waals surface area contributed by atoms with E-state index in [1.54, 1.807) is 12.1 Å². The highest BCUT2D eigenvalue weighted by molar-refractivity contribution is 5.92. The fraction of sp³-hybridized carbons (Fsp3) is 0.429. The van der Waals surface area contributed by atoms with E-state index in [0.717, 1.165) is 5.56 Å². The normalized spacial score (nSPS) is 11.1. The summed E-state index contributed by atoms with van der Waals surface area (Å²) in [5.41, 5.74) is 6.41. The monoisotopic (exact) mass is 263 g/mol. The molecule has 0 fully saturated rings. The first-order valence-electron chi connectivity index (χ1n) is 6.18. The number of amides is 2. The Morgan fingerprint density at radius 1 is 1.16 bits per heavy atom. The number of benzene rings is 1. The first kappa shape index (κ1) is 15.2. The predicted molar refractivity (Wildman–Crippen MR) is 74.6 cm³/mol. The standard InChI is InChI=1S/C14H21N3O2/c1-14(2,3)17-12(18)9-16-8-10-4-6-11(7-5-10)13(15)19/h4-7,16H,8-9H2,1-3H3,(H2,15,19)(H,17,18). The van der Waals surface area contributed by atoms with Crippen LogP contribution in [0.5, 0.6) is 0 Å². The lowest BCUT2D eigenvalue weighted by Gasteiger charge is -2.20. The van der Waals surface area contributed by atoms with Crippen molar-refractivity contribution in [1.29, 1.82) is 0 Å². The summed E-state index contributed by atoms with van der Waals surface area (Å²) in [5.74, 6) is -0.481. The number of carbonyl (C=O) groups is 2. The molecule has 0 atom stereocenters. The molecule has 1 rings (SSSR count). The van der Waals surface area contributed by atoms with Gasteiger partial charge in [-0.05, 0) is 38.5 Å². The third-order valence-electron chi connectivity index (χ3n) is 2.37. The second-order valence-electron chi connectivity index (χ2n) is 5.46. The van der Waals surface area contributed by atoms with Crippen LogP contribution < -0.4 is 16.4 Å². The van der Waals surface area contributed by atoms with Gasteiger partial charge in [0, 0.05) is 17.6 Å². The molecule has 5 nitrogen and oxygen atoms in total. The molecular weight excluding hydrogens is 242 g/mol. The number of nitrogens with one attached hydrogen (secondary N) is 2. The van der Waals surface area contributed by atoms with Crippen molar-refractivity contribution in [1.82, 2.24) is 10.6 Å². The molecule has 5 heteroatoms. The van der Waals surface area contributed by atoms with Gasteiger partial charge in [-0.1, -0.05) is 12.1 Å². The van der Waals surface area contributed by atoms with Crippen LogP contribution in [0.15, 0.2) is 24.3 Å². The summed E-state index contributed by atoms with van der Waals surface area (Å²) in [6.07, 6.45) is 0. The Balaban J connectivity index is 2.37. The Morgan fingerprint density at radius 3 is 2.21 bits per heavy atom. The third-order valence-corrected chi connectivity index (χ3v) is 2.37. The van der Waals surface area contributed by atoms with E-state index in [-0.39, 0.29) is 18.0 Å². The second kappa shape index (κ2) is 6.33. The zero-order chi connectivity index (χ0) is 14.5. The van der Waals surface area contributed by atoms with Crippen LogP contribution in [0.25, 0.3) is 0 Å². The molecule has 0 spiro atoms. The van der Waals surface area contributed by atoms with Gasteiger partial charge in [0.15, 0.2) is 0 Å². The van der Waals surface area contributed by atoms with Crippen LogP contribution in [0, 0.1) is 0 Å². The highest BCUT2D eigenvalue weighted by atomic mass is 16.2. The van der Waals surface area contributed by atoms with Crippen LogP contribution in [-0.4, -0.2) is 23.9 Å². The molecule has 0 heterocycles. The number of carbonyl (C=O) groups excluding carboxylic acids is 2. The Morgan fingerprint density at radius 2 is 1.74 bits per heavy atom. The zero-order valence-corrected chi connectivity index (χ0v) is 11.6. The molecule has 0 unspecified atom stereocenters. The molecule has 0 aliphatic rings. The lowest BCUT2D eigenvalue weighted by atomic mass is 10.1. The summed E-state index contributed by atoms with van der Waals surface area (Å²) in [7, 11) is 0. The Labute approximate surface area is 113 Å². The van der Waals surface area contributed by atoms with Crippen LogP contribution in [0.1, 0.15) is 36.7 Å². The van der Waals surface area contributed by atoms with E-state index >= 15 is 0 Å². The van der Waals surface area contributed by atoms with Gasteiger partial charge in [0.05, 0.1) is 6.54 Å². The summed E-state index contributed by atoms with van der Waals surface area (Å²) in [4.78, 5) is 22.5. The smallest absolute Gasteiger partial charge is 0.248 e. The molecule has 0 aliphatic carbocycles. The van der Waals surface area contributed by atoms with Gasteiger partial charge in [-0.25, -0.2) is 0 Å². The van der Waals surface area contributed by atoms with E-state index in [1.807, 2.05) is 32.9 Å². The van der Waals surface area contributed by atoms with Crippen molar-refractivity contribution in [2.75, 3.05) is 6.54 Å². The third kappa shape index (κ3) is 6.01. The number of hydrogen-bond donors (Lipinski definition) is 3. The van der Waals surface area contributed by atoms with Crippen molar-refractivity contribution in [3.8, 4) is 0 Å². The van der Waals surface area contributed by atoms with Gasteiger partial charge < -0.3 is 16.4 Å². The van der Waals surface area contributed by atoms with E-state index in [0.29, 0.717) is 12.1 Å². The number of hydrogen-bond acceptors (Lipinski definition) is 3. The van der Waals surface area contributed by atoms with Gasteiger partial charge in [-0.3, -0.25) is 9.59 Å². The minimum atomic E-state index is -0.441. The van der Waals surface area contributed by atoms with Crippen molar-refractivity contribution < 1.29 is 9.59 Å². The molecule has 0 saturated carbocycles. The first-order valence-corrected chi connectivity index (χ1v) is 6.18. The van der Waals surface area contributed by atoms with Crippen molar-refractivity contribution in [2.45, 2.75) is 32.9 Å². The highest BCUT2D eigenvalue weighted by Crippen LogP contribution is 2.03. The molecule has 4 N–H and O–H groups in total. The Kier molecular flexibility index (Phi) is 5.06. The molecular formula is C14H21N3O2. The Bertz CT molecular complexity index is 447. The maximum Gasteiger partial charge on any atom is 0.248 e. The Hall–Kier alpha value is -1.88. The minimum Gasteiger partial charge on any atom is -0.366 e. The predicted octanol–water partition coefficient (Wildman–Crippen LogP) is 0.790. The summed E-state index contributed by atoms with van der Waals surface area (Å²) < 4.78 is 0. The fourth-order valence-corrected chi connectivity index (χ4v) is 1.57. The molecule has 104 valence electrons. The summed E-state index contributed by atoms with van der Waals surface area (Å²) in [6.45, 7) is 6.64. The molecule has 1 aromatic carbocycles. The maximum absolute atomic E-state index is 11.6. The lowest BCUT2D eigenvalue weighted by Crippen LogP contribution is -2.44. The van der Waals surface area contributed by atoms with Crippen molar-refractivity contribution in [2.24, 2.45) is 5.73 Å². The first-order chi connectivity index (χ1) is 8.78. The van der Waals surface area contributed by atoms with Gasteiger partial charge in [0.1, 0.15) is 0 Å². The minimum absolute atomic E-state index is 0.0405. The number of primary amides is 1. The SMILES string of the molecule is CC(C)(C)NC(=O)CNCc1ccc(C(N)=O)cc1. The van der Waals surface area contributed by atoms with Crippen molar-refractivity contribution in [3.63, 3.8) is 0 Å². The fourth-order valence-electron chi connectivity index (χ4n) is 1.57. The van der Waals surface area contributed by atoms with E-state index in [2.05, 4.69) is 10.6 Å². The molecule has 1 aromatic rings. The number of rotatable bonds is 5. The van der Waals surface area contributed by atoms with Gasteiger partial charge in [0.2, 0.25) is 11.8 Å². The highest BCUT2D eigenvalue weighted by Gasteiger charge is 2.12. The average molecular weight is 263 g/mol. The molecule has 0 bridgehead atoms. The van der Waals surface area contributed by atoms with Crippen molar-refractivity contribution >= 4 is 11.8 Å². The molecule has 19 heavy (non-hydrogen) atoms.